The van der Waals surface area contributed by atoms with Crippen LogP contribution in [0, 0.1) is 0 Å². The van der Waals surface area contributed by atoms with Gasteiger partial charge in [-0.1, -0.05) is 60.1 Å². The van der Waals surface area contributed by atoms with Gasteiger partial charge in [0.15, 0.2) is 0 Å². The molecule has 1 atom stereocenters. The van der Waals surface area contributed by atoms with Gasteiger partial charge in [-0.2, -0.15) is 0 Å². The lowest BCUT2D eigenvalue weighted by molar-refractivity contribution is -0.140. The van der Waals surface area contributed by atoms with Crippen molar-refractivity contribution in [2.24, 2.45) is 0 Å². The van der Waals surface area contributed by atoms with Crippen molar-refractivity contribution >= 4 is 39.1 Å². The highest BCUT2D eigenvalue weighted by atomic mass is 35.5. The fraction of sp³-hybridized carbons (Fsp3) is 0.333. The number of anilines is 1. The minimum Gasteiger partial charge on any atom is -0.497 e. The van der Waals surface area contributed by atoms with Gasteiger partial charge >= 0.3 is 0 Å². The molecule has 0 unspecified atom stereocenters. The number of carbonyl (C=O) groups excluding carboxylic acids is 2. The summed E-state index contributed by atoms with van der Waals surface area (Å²) in [7, 11) is -2.33. The van der Waals surface area contributed by atoms with E-state index in [0.29, 0.717) is 10.8 Å². The third-order valence-corrected chi connectivity index (χ3v) is 7.41. The van der Waals surface area contributed by atoms with Crippen LogP contribution in [0.5, 0.6) is 5.75 Å². The summed E-state index contributed by atoms with van der Waals surface area (Å²) < 4.78 is 32.0. The Labute approximate surface area is 241 Å². The molecule has 8 nitrogen and oxygen atoms in total. The van der Waals surface area contributed by atoms with Gasteiger partial charge in [0.05, 0.1) is 19.1 Å². The zero-order valence-corrected chi connectivity index (χ0v) is 25.0. The number of benzene rings is 3. The molecular formula is C30H36ClN3O5S. The van der Waals surface area contributed by atoms with Crippen LogP contribution in [0.3, 0.4) is 0 Å². The predicted octanol–water partition coefficient (Wildman–Crippen LogP) is 4.67. The minimum absolute atomic E-state index is 0.0538. The van der Waals surface area contributed by atoms with E-state index in [2.05, 4.69) is 5.32 Å². The molecule has 10 heteroatoms. The summed E-state index contributed by atoms with van der Waals surface area (Å²) in [6, 6.07) is 21.9. The van der Waals surface area contributed by atoms with Crippen molar-refractivity contribution in [2.45, 2.75) is 45.3 Å². The Hall–Kier alpha value is -3.56. The van der Waals surface area contributed by atoms with E-state index in [0.717, 1.165) is 21.7 Å². The van der Waals surface area contributed by atoms with Crippen molar-refractivity contribution in [1.29, 1.82) is 0 Å². The first-order chi connectivity index (χ1) is 18.8. The predicted molar refractivity (Wildman–Crippen MR) is 159 cm³/mol. The number of methoxy groups -OCH3 is 1. The van der Waals surface area contributed by atoms with Crippen molar-refractivity contribution in [2.75, 3.05) is 24.2 Å². The first-order valence-corrected chi connectivity index (χ1v) is 15.0. The molecule has 3 aromatic rings. The number of hydrogen-bond donors (Lipinski definition) is 1. The SMILES string of the molecule is COc1cccc(CN(C(=O)CN(c2cccc(Cl)c2)S(C)(=O)=O)[C@@H](Cc2ccccc2)C(=O)NC(C)(C)C)c1. The van der Waals surface area contributed by atoms with E-state index in [1.165, 1.54) is 11.0 Å². The van der Waals surface area contributed by atoms with E-state index < -0.39 is 34.1 Å². The summed E-state index contributed by atoms with van der Waals surface area (Å²) >= 11 is 6.14. The van der Waals surface area contributed by atoms with Gasteiger partial charge in [0, 0.05) is 23.5 Å². The number of nitrogens with zero attached hydrogens (tertiary/aromatic N) is 2. The lowest BCUT2D eigenvalue weighted by Crippen LogP contribution is -2.56. The maximum atomic E-state index is 14.1. The number of sulfonamides is 1. The Morgan fingerprint density at radius 1 is 0.950 bits per heavy atom. The maximum absolute atomic E-state index is 14.1. The largest absolute Gasteiger partial charge is 0.497 e. The van der Waals surface area contributed by atoms with Crippen LogP contribution in [0.15, 0.2) is 78.9 Å². The van der Waals surface area contributed by atoms with Crippen LogP contribution in [0.2, 0.25) is 5.02 Å². The molecule has 0 aliphatic rings. The Morgan fingerprint density at radius 2 is 1.60 bits per heavy atom. The molecule has 40 heavy (non-hydrogen) atoms. The second-order valence-electron chi connectivity index (χ2n) is 10.6. The first-order valence-electron chi connectivity index (χ1n) is 12.8. The van der Waals surface area contributed by atoms with E-state index in [1.54, 1.807) is 43.5 Å². The van der Waals surface area contributed by atoms with E-state index >= 15 is 0 Å². The highest BCUT2D eigenvalue weighted by Crippen LogP contribution is 2.24. The molecule has 0 saturated carbocycles. The summed E-state index contributed by atoms with van der Waals surface area (Å²) in [5.41, 5.74) is 1.28. The normalized spacial score (nSPS) is 12.3. The molecule has 0 aliphatic heterocycles. The van der Waals surface area contributed by atoms with Gasteiger partial charge in [-0.15, -0.1) is 0 Å². The Kier molecular flexibility index (Phi) is 10.2. The molecule has 3 aromatic carbocycles. The number of halogens is 1. The summed E-state index contributed by atoms with van der Waals surface area (Å²) in [4.78, 5) is 29.3. The molecule has 214 valence electrons. The third kappa shape index (κ3) is 8.99. The number of ether oxygens (including phenoxy) is 1. The lowest BCUT2D eigenvalue weighted by Gasteiger charge is -2.35. The van der Waals surface area contributed by atoms with Gasteiger partial charge in [0.1, 0.15) is 18.3 Å². The Morgan fingerprint density at radius 3 is 2.20 bits per heavy atom. The highest BCUT2D eigenvalue weighted by Gasteiger charge is 2.34. The van der Waals surface area contributed by atoms with Crippen LogP contribution in [0.1, 0.15) is 31.9 Å². The monoisotopic (exact) mass is 585 g/mol. The lowest BCUT2D eigenvalue weighted by atomic mass is 10.0. The van der Waals surface area contributed by atoms with Crippen LogP contribution in [0.25, 0.3) is 0 Å². The van der Waals surface area contributed by atoms with Gasteiger partial charge in [0.25, 0.3) is 0 Å². The smallest absolute Gasteiger partial charge is 0.244 e. The van der Waals surface area contributed by atoms with Crippen LogP contribution in [-0.4, -0.2) is 56.6 Å². The fourth-order valence-corrected chi connectivity index (χ4v) is 5.25. The molecule has 0 radical (unpaired) electrons. The van der Waals surface area contributed by atoms with Crippen molar-refractivity contribution in [3.05, 3.63) is 95.0 Å². The summed E-state index contributed by atoms with van der Waals surface area (Å²) in [5, 5.41) is 3.33. The number of nitrogens with one attached hydrogen (secondary N) is 1. The molecule has 2 amide bonds. The molecule has 1 N–H and O–H groups in total. The molecule has 0 aliphatic carbocycles. The molecule has 0 heterocycles. The average Bonchev–Trinajstić information content (AvgIpc) is 2.88. The van der Waals surface area contributed by atoms with Gasteiger partial charge in [-0.05, 0) is 62.2 Å². The van der Waals surface area contributed by atoms with E-state index in [1.807, 2.05) is 57.2 Å². The van der Waals surface area contributed by atoms with Crippen LogP contribution >= 0.6 is 11.6 Å². The quantitative estimate of drug-likeness (QED) is 0.353. The Balaban J connectivity index is 2.09. The van der Waals surface area contributed by atoms with Gasteiger partial charge in [-0.25, -0.2) is 8.42 Å². The molecule has 0 aromatic heterocycles. The zero-order valence-electron chi connectivity index (χ0n) is 23.4. The third-order valence-electron chi connectivity index (χ3n) is 6.03. The standard InChI is InChI=1S/C30H36ClN3O5S/c1-30(2,3)32-29(36)27(18-22-11-7-6-8-12-22)33(20-23-13-9-16-26(17-23)39-4)28(35)21-34(40(5,37)38)25-15-10-14-24(31)19-25/h6-17,19,27H,18,20-21H2,1-5H3,(H,32,36)/t27-/m0/s1. The fourth-order valence-electron chi connectivity index (χ4n) is 4.22. The van der Waals surface area contributed by atoms with Crippen LogP contribution in [-0.2, 0) is 32.6 Å². The summed E-state index contributed by atoms with van der Waals surface area (Å²) in [6.07, 6.45) is 1.26. The number of amides is 2. The molecule has 0 bridgehead atoms. The second kappa shape index (κ2) is 13.2. The highest BCUT2D eigenvalue weighted by molar-refractivity contribution is 7.92. The van der Waals surface area contributed by atoms with Crippen molar-refractivity contribution in [3.8, 4) is 5.75 Å². The second-order valence-corrected chi connectivity index (χ2v) is 12.9. The number of rotatable bonds is 11. The van der Waals surface area contributed by atoms with Gasteiger partial charge in [-0.3, -0.25) is 13.9 Å². The molecule has 0 saturated heterocycles. The summed E-state index contributed by atoms with van der Waals surface area (Å²) in [6.45, 7) is 5.13. The topological polar surface area (TPSA) is 96.0 Å². The van der Waals surface area contributed by atoms with Crippen molar-refractivity contribution in [1.82, 2.24) is 10.2 Å². The average molecular weight is 586 g/mol. The summed E-state index contributed by atoms with van der Waals surface area (Å²) in [5.74, 6) is -0.292. The molecule has 3 rings (SSSR count). The Bertz CT molecular complexity index is 1420. The minimum atomic E-state index is -3.87. The van der Waals surface area contributed by atoms with Crippen LogP contribution in [0.4, 0.5) is 5.69 Å². The van der Waals surface area contributed by atoms with E-state index in [9.17, 15) is 18.0 Å². The maximum Gasteiger partial charge on any atom is 0.244 e. The van der Waals surface area contributed by atoms with E-state index in [4.69, 9.17) is 16.3 Å². The first kappa shape index (κ1) is 31.0. The zero-order chi connectivity index (χ0) is 29.5. The molecule has 0 spiro atoms. The van der Waals surface area contributed by atoms with E-state index in [-0.39, 0.29) is 24.6 Å². The van der Waals surface area contributed by atoms with Crippen molar-refractivity contribution < 1.29 is 22.7 Å². The number of carbonyl (C=O) groups is 2. The number of hydrogen-bond acceptors (Lipinski definition) is 5. The van der Waals surface area contributed by atoms with Crippen LogP contribution < -0.4 is 14.4 Å². The molecular weight excluding hydrogens is 550 g/mol. The van der Waals surface area contributed by atoms with Gasteiger partial charge < -0.3 is 15.0 Å². The van der Waals surface area contributed by atoms with Crippen molar-refractivity contribution in [3.63, 3.8) is 0 Å². The van der Waals surface area contributed by atoms with Gasteiger partial charge in [0.2, 0.25) is 21.8 Å². The molecule has 0 fully saturated rings.